The first-order chi connectivity index (χ1) is 7.63. The van der Waals surface area contributed by atoms with Crippen molar-refractivity contribution in [2.24, 2.45) is 5.73 Å². The minimum absolute atomic E-state index is 0.0435. The van der Waals surface area contributed by atoms with E-state index in [9.17, 15) is 4.39 Å². The highest BCUT2D eigenvalue weighted by Crippen LogP contribution is 2.24. The first-order valence-corrected chi connectivity index (χ1v) is 5.74. The summed E-state index contributed by atoms with van der Waals surface area (Å²) in [6, 6.07) is 5.45. The molecule has 0 aromatic heterocycles. The summed E-state index contributed by atoms with van der Waals surface area (Å²) >= 11 is 5.91. The predicted octanol–water partition coefficient (Wildman–Crippen LogP) is 2.97. The van der Waals surface area contributed by atoms with E-state index in [0.29, 0.717) is 24.5 Å². The molecule has 0 amide bonds. The molecule has 2 nitrogen and oxygen atoms in total. The van der Waals surface area contributed by atoms with Gasteiger partial charge in [-0.05, 0) is 37.1 Å². The van der Waals surface area contributed by atoms with Crippen molar-refractivity contribution in [2.75, 3.05) is 13.3 Å². The Bertz CT molecular complexity index is 331. The van der Waals surface area contributed by atoms with Crippen LogP contribution in [-0.2, 0) is 6.42 Å². The van der Waals surface area contributed by atoms with Crippen molar-refractivity contribution in [3.63, 3.8) is 0 Å². The van der Waals surface area contributed by atoms with Crippen LogP contribution in [0.15, 0.2) is 18.2 Å². The van der Waals surface area contributed by atoms with Crippen molar-refractivity contribution >= 4 is 11.6 Å². The van der Waals surface area contributed by atoms with Gasteiger partial charge in [-0.1, -0.05) is 11.6 Å². The van der Waals surface area contributed by atoms with Gasteiger partial charge >= 0.3 is 0 Å². The van der Waals surface area contributed by atoms with E-state index in [1.807, 2.05) is 13.0 Å². The number of alkyl halides is 1. The standard InChI is InChI=1S/C12H17ClFNO/c1-9(15)7-10-8-11(13)3-4-12(10)16-6-2-5-14/h3-4,8-9H,2,5-7,15H2,1H3. The van der Waals surface area contributed by atoms with Gasteiger partial charge in [-0.25, -0.2) is 0 Å². The van der Waals surface area contributed by atoms with E-state index in [1.165, 1.54) is 0 Å². The minimum atomic E-state index is -0.365. The number of ether oxygens (including phenoxy) is 1. The molecule has 2 N–H and O–H groups in total. The van der Waals surface area contributed by atoms with Crippen LogP contribution in [0.25, 0.3) is 0 Å². The Labute approximate surface area is 101 Å². The Hall–Kier alpha value is -0.800. The zero-order valence-electron chi connectivity index (χ0n) is 9.38. The van der Waals surface area contributed by atoms with E-state index in [4.69, 9.17) is 22.1 Å². The molecule has 0 bridgehead atoms. The van der Waals surface area contributed by atoms with Crippen molar-refractivity contribution in [3.05, 3.63) is 28.8 Å². The molecule has 1 atom stereocenters. The van der Waals surface area contributed by atoms with Gasteiger partial charge < -0.3 is 10.5 Å². The molecule has 1 aromatic carbocycles. The maximum atomic E-state index is 11.9. The largest absolute Gasteiger partial charge is 0.493 e. The third-order valence-electron chi connectivity index (χ3n) is 2.10. The fourth-order valence-electron chi connectivity index (χ4n) is 1.43. The van der Waals surface area contributed by atoms with Gasteiger partial charge in [-0.2, -0.15) is 0 Å². The summed E-state index contributed by atoms with van der Waals surface area (Å²) < 4.78 is 17.4. The molecule has 0 saturated carbocycles. The van der Waals surface area contributed by atoms with Crippen molar-refractivity contribution in [3.8, 4) is 5.75 Å². The zero-order valence-corrected chi connectivity index (χ0v) is 10.1. The molecule has 1 aromatic rings. The first-order valence-electron chi connectivity index (χ1n) is 5.36. The Morgan fingerprint density at radius 3 is 2.88 bits per heavy atom. The van der Waals surface area contributed by atoms with Gasteiger partial charge in [0.1, 0.15) is 5.75 Å². The third kappa shape index (κ3) is 4.37. The summed E-state index contributed by atoms with van der Waals surface area (Å²) in [6.45, 7) is 1.94. The Morgan fingerprint density at radius 2 is 2.25 bits per heavy atom. The molecule has 0 spiro atoms. The lowest BCUT2D eigenvalue weighted by atomic mass is 10.1. The lowest BCUT2D eigenvalue weighted by molar-refractivity contribution is 0.287. The van der Waals surface area contributed by atoms with Crippen molar-refractivity contribution in [1.29, 1.82) is 0 Å². The highest BCUT2D eigenvalue weighted by molar-refractivity contribution is 6.30. The highest BCUT2D eigenvalue weighted by Gasteiger charge is 2.07. The second-order valence-corrected chi connectivity index (χ2v) is 4.26. The second-order valence-electron chi connectivity index (χ2n) is 3.82. The number of rotatable bonds is 6. The van der Waals surface area contributed by atoms with E-state index in [-0.39, 0.29) is 12.7 Å². The SMILES string of the molecule is CC(N)Cc1cc(Cl)ccc1OCCCF. The van der Waals surface area contributed by atoms with Crippen LogP contribution < -0.4 is 10.5 Å². The van der Waals surface area contributed by atoms with Gasteiger partial charge in [-0.3, -0.25) is 4.39 Å². The summed E-state index contributed by atoms with van der Waals surface area (Å²) in [5.41, 5.74) is 6.71. The average molecular weight is 246 g/mol. The van der Waals surface area contributed by atoms with Crippen LogP contribution in [0, 0.1) is 0 Å². The summed E-state index contributed by atoms with van der Waals surface area (Å²) in [5, 5.41) is 0.661. The molecule has 1 rings (SSSR count). The van der Waals surface area contributed by atoms with Crippen LogP contribution in [0.2, 0.25) is 5.02 Å². The van der Waals surface area contributed by atoms with Crippen molar-refractivity contribution < 1.29 is 9.13 Å². The normalized spacial score (nSPS) is 12.5. The summed E-state index contributed by atoms with van der Waals surface area (Å²) in [7, 11) is 0. The highest BCUT2D eigenvalue weighted by atomic mass is 35.5. The number of halogens is 2. The van der Waals surface area contributed by atoms with E-state index < -0.39 is 0 Å². The number of hydrogen-bond acceptors (Lipinski definition) is 2. The molecule has 0 heterocycles. The van der Waals surface area contributed by atoms with Crippen LogP contribution in [0.3, 0.4) is 0 Å². The summed E-state index contributed by atoms with van der Waals surface area (Å²) in [4.78, 5) is 0. The van der Waals surface area contributed by atoms with Gasteiger partial charge in [0, 0.05) is 17.5 Å². The van der Waals surface area contributed by atoms with E-state index in [1.54, 1.807) is 12.1 Å². The zero-order chi connectivity index (χ0) is 12.0. The third-order valence-corrected chi connectivity index (χ3v) is 2.34. The van der Waals surface area contributed by atoms with Gasteiger partial charge in [-0.15, -0.1) is 0 Å². The van der Waals surface area contributed by atoms with Crippen LogP contribution in [0.5, 0.6) is 5.75 Å². The summed E-state index contributed by atoms with van der Waals surface area (Å²) in [5.74, 6) is 0.746. The van der Waals surface area contributed by atoms with E-state index in [2.05, 4.69) is 0 Å². The Morgan fingerprint density at radius 1 is 1.50 bits per heavy atom. The molecular formula is C12H17ClFNO. The van der Waals surface area contributed by atoms with Crippen LogP contribution in [-0.4, -0.2) is 19.3 Å². The Kier molecular flexibility index (Phi) is 5.56. The number of hydrogen-bond donors (Lipinski definition) is 1. The van der Waals surface area contributed by atoms with Gasteiger partial charge in [0.25, 0.3) is 0 Å². The molecule has 16 heavy (non-hydrogen) atoms. The smallest absolute Gasteiger partial charge is 0.122 e. The lowest BCUT2D eigenvalue weighted by Gasteiger charge is -2.13. The molecule has 4 heteroatoms. The number of nitrogens with two attached hydrogens (primary N) is 1. The monoisotopic (exact) mass is 245 g/mol. The molecule has 0 aliphatic heterocycles. The molecule has 1 unspecified atom stereocenters. The van der Waals surface area contributed by atoms with Crippen molar-refractivity contribution in [2.45, 2.75) is 25.8 Å². The van der Waals surface area contributed by atoms with Gasteiger partial charge in [0.05, 0.1) is 13.3 Å². The van der Waals surface area contributed by atoms with Gasteiger partial charge in [0.15, 0.2) is 0 Å². The second kappa shape index (κ2) is 6.71. The average Bonchev–Trinajstić information content (AvgIpc) is 2.20. The molecule has 0 radical (unpaired) electrons. The lowest BCUT2D eigenvalue weighted by Crippen LogP contribution is -2.18. The summed E-state index contributed by atoms with van der Waals surface area (Å²) in [6.07, 6.45) is 1.10. The molecule has 90 valence electrons. The minimum Gasteiger partial charge on any atom is -0.493 e. The van der Waals surface area contributed by atoms with Crippen LogP contribution >= 0.6 is 11.6 Å². The topological polar surface area (TPSA) is 35.2 Å². The first kappa shape index (κ1) is 13.3. The Balaban J connectivity index is 2.72. The maximum absolute atomic E-state index is 11.9. The molecule has 0 aliphatic rings. The fraction of sp³-hybridized carbons (Fsp3) is 0.500. The molecular weight excluding hydrogens is 229 g/mol. The van der Waals surface area contributed by atoms with Gasteiger partial charge in [0.2, 0.25) is 0 Å². The quantitative estimate of drug-likeness (QED) is 0.782. The van der Waals surface area contributed by atoms with E-state index >= 15 is 0 Å². The van der Waals surface area contributed by atoms with Crippen LogP contribution in [0.1, 0.15) is 18.9 Å². The van der Waals surface area contributed by atoms with Crippen molar-refractivity contribution in [1.82, 2.24) is 0 Å². The molecule has 0 aliphatic carbocycles. The van der Waals surface area contributed by atoms with Crippen LogP contribution in [0.4, 0.5) is 4.39 Å². The fourth-order valence-corrected chi connectivity index (χ4v) is 1.63. The molecule has 0 saturated heterocycles. The number of benzene rings is 1. The predicted molar refractivity (Wildman–Crippen MR) is 64.9 cm³/mol. The maximum Gasteiger partial charge on any atom is 0.122 e. The van der Waals surface area contributed by atoms with E-state index in [0.717, 1.165) is 11.3 Å². The molecule has 0 fully saturated rings.